The summed E-state index contributed by atoms with van der Waals surface area (Å²) in [4.78, 5) is 12.5. The highest BCUT2D eigenvalue weighted by Crippen LogP contribution is 2.17. The van der Waals surface area contributed by atoms with E-state index in [2.05, 4.69) is 43.5 Å². The smallest absolute Gasteiger partial charge is 0.249 e. The molecule has 0 rings (SSSR count). The van der Waals surface area contributed by atoms with Gasteiger partial charge in [-0.15, -0.1) is 0 Å². The average Bonchev–Trinajstić information content (AvgIpc) is 3.19. The third-order valence-electron chi connectivity index (χ3n) is 11.4. The van der Waals surface area contributed by atoms with Crippen LogP contribution in [0.15, 0.2) is 24.3 Å². The number of carbonyl (C=O) groups is 1. The molecule has 0 aliphatic carbocycles. The first-order valence-corrected chi connectivity index (χ1v) is 24.2. The maximum atomic E-state index is 12.5. The lowest BCUT2D eigenvalue weighted by Crippen LogP contribution is -2.53. The number of hydrogen-bond donors (Lipinski definition) is 5. The molecule has 55 heavy (non-hydrogen) atoms. The molecule has 0 aliphatic rings. The quantitative estimate of drug-likeness (QED) is 0.0313. The Morgan fingerprint density at radius 1 is 0.455 bits per heavy atom. The van der Waals surface area contributed by atoms with Gasteiger partial charge in [0, 0.05) is 0 Å². The first-order valence-electron chi connectivity index (χ1n) is 24.2. The zero-order valence-electron chi connectivity index (χ0n) is 36.7. The third kappa shape index (κ3) is 38.1. The summed E-state index contributed by atoms with van der Waals surface area (Å²) in [7, 11) is 0. The molecule has 0 aromatic rings. The lowest BCUT2D eigenvalue weighted by Gasteiger charge is -2.27. The Hall–Kier alpha value is -1.21. The summed E-state index contributed by atoms with van der Waals surface area (Å²) in [5, 5.41) is 43.8. The fourth-order valence-electron chi connectivity index (χ4n) is 7.55. The SMILES string of the molecule is CCCCCCCCCCC/C=C\C/C=C\CCCCCCCCC(O)C(=O)NC(CO)C(O)C(O)CCCCCCCCCCCCCCCCCCC. The van der Waals surface area contributed by atoms with E-state index < -0.39 is 36.9 Å². The van der Waals surface area contributed by atoms with Crippen LogP contribution in [0.5, 0.6) is 0 Å². The van der Waals surface area contributed by atoms with Gasteiger partial charge in [0.05, 0.1) is 18.8 Å². The fraction of sp³-hybridized carbons (Fsp3) is 0.898. The van der Waals surface area contributed by atoms with Crippen molar-refractivity contribution >= 4 is 5.91 Å². The lowest BCUT2D eigenvalue weighted by molar-refractivity contribution is -0.132. The van der Waals surface area contributed by atoms with Crippen molar-refractivity contribution in [1.82, 2.24) is 5.32 Å². The maximum Gasteiger partial charge on any atom is 0.249 e. The highest BCUT2D eigenvalue weighted by molar-refractivity contribution is 5.80. The minimum atomic E-state index is -1.26. The molecule has 4 atom stereocenters. The molecule has 0 spiro atoms. The van der Waals surface area contributed by atoms with E-state index in [1.165, 1.54) is 167 Å². The van der Waals surface area contributed by atoms with E-state index in [1.807, 2.05) is 0 Å². The number of aliphatic hydroxyl groups is 4. The molecule has 0 aromatic carbocycles. The predicted octanol–water partition coefficient (Wildman–Crippen LogP) is 13.1. The summed E-state index contributed by atoms with van der Waals surface area (Å²) in [6.45, 7) is 4.06. The van der Waals surface area contributed by atoms with Crippen molar-refractivity contribution in [3.05, 3.63) is 24.3 Å². The Kier molecular flexibility index (Phi) is 42.9. The highest BCUT2D eigenvalue weighted by atomic mass is 16.3. The third-order valence-corrected chi connectivity index (χ3v) is 11.4. The Bertz CT molecular complexity index is 832. The number of hydrogen-bond acceptors (Lipinski definition) is 5. The molecular formula is C49H95NO5. The molecule has 0 fully saturated rings. The molecule has 1 amide bonds. The standard InChI is InChI=1S/C49H95NO5/c1-3-5-7-9-11-13-15-17-19-21-22-23-24-25-27-29-31-33-35-37-39-41-43-47(53)49(55)50-45(44-51)48(54)46(52)42-40-38-36-34-32-30-28-26-20-18-16-14-12-10-8-6-4-2/h22-23,25,27,45-48,51-54H,3-21,24,26,28-44H2,1-2H3,(H,50,55)/b23-22-,27-25-. The summed E-state index contributed by atoms with van der Waals surface area (Å²) in [6, 6.07) is -0.988. The van der Waals surface area contributed by atoms with Gasteiger partial charge in [0.1, 0.15) is 12.2 Å². The van der Waals surface area contributed by atoms with Gasteiger partial charge in [0.25, 0.3) is 0 Å². The second-order valence-corrected chi connectivity index (χ2v) is 16.8. The second kappa shape index (κ2) is 43.9. The van der Waals surface area contributed by atoms with E-state index in [1.54, 1.807) is 0 Å². The van der Waals surface area contributed by atoms with Gasteiger partial charge in [-0.2, -0.15) is 0 Å². The molecule has 4 unspecified atom stereocenters. The molecule has 326 valence electrons. The van der Waals surface area contributed by atoms with Crippen molar-refractivity contribution < 1.29 is 25.2 Å². The summed E-state index contributed by atoms with van der Waals surface area (Å²) >= 11 is 0. The Morgan fingerprint density at radius 2 is 0.782 bits per heavy atom. The van der Waals surface area contributed by atoms with Crippen molar-refractivity contribution in [2.75, 3.05) is 6.61 Å². The molecule has 6 heteroatoms. The van der Waals surface area contributed by atoms with Crippen LogP contribution < -0.4 is 5.32 Å². The lowest BCUT2D eigenvalue weighted by atomic mass is 9.99. The fourth-order valence-corrected chi connectivity index (χ4v) is 7.55. The van der Waals surface area contributed by atoms with Gasteiger partial charge in [-0.05, 0) is 44.9 Å². The monoisotopic (exact) mass is 778 g/mol. The number of allylic oxidation sites excluding steroid dienone is 4. The minimum absolute atomic E-state index is 0.358. The van der Waals surface area contributed by atoms with Crippen molar-refractivity contribution in [3.8, 4) is 0 Å². The minimum Gasteiger partial charge on any atom is -0.394 e. The molecule has 0 aromatic heterocycles. The van der Waals surface area contributed by atoms with Gasteiger partial charge >= 0.3 is 0 Å². The van der Waals surface area contributed by atoms with Crippen LogP contribution in [0.4, 0.5) is 0 Å². The molecule has 0 radical (unpaired) electrons. The summed E-state index contributed by atoms with van der Waals surface area (Å²) in [6.07, 6.45) is 50.7. The van der Waals surface area contributed by atoms with Crippen LogP contribution in [-0.2, 0) is 4.79 Å². The highest BCUT2D eigenvalue weighted by Gasteiger charge is 2.28. The van der Waals surface area contributed by atoms with Gasteiger partial charge in [-0.25, -0.2) is 0 Å². The number of carbonyl (C=O) groups excluding carboxylic acids is 1. The molecular weight excluding hydrogens is 683 g/mol. The van der Waals surface area contributed by atoms with E-state index in [0.717, 1.165) is 57.8 Å². The van der Waals surface area contributed by atoms with Gasteiger partial charge in [0.15, 0.2) is 0 Å². The van der Waals surface area contributed by atoms with Crippen LogP contribution in [0.25, 0.3) is 0 Å². The van der Waals surface area contributed by atoms with Gasteiger partial charge in [-0.1, -0.05) is 231 Å². The van der Waals surface area contributed by atoms with Crippen LogP contribution in [0.1, 0.15) is 251 Å². The van der Waals surface area contributed by atoms with Crippen molar-refractivity contribution in [3.63, 3.8) is 0 Å². The molecule has 0 aliphatic heterocycles. The van der Waals surface area contributed by atoms with Crippen LogP contribution >= 0.6 is 0 Å². The largest absolute Gasteiger partial charge is 0.394 e. The second-order valence-electron chi connectivity index (χ2n) is 16.8. The van der Waals surface area contributed by atoms with Crippen molar-refractivity contribution in [1.29, 1.82) is 0 Å². The predicted molar refractivity (Wildman–Crippen MR) is 237 cm³/mol. The molecule has 0 bridgehead atoms. The number of nitrogens with one attached hydrogen (secondary N) is 1. The molecule has 6 nitrogen and oxygen atoms in total. The summed E-state index contributed by atoms with van der Waals surface area (Å²) in [5.41, 5.74) is 0. The summed E-state index contributed by atoms with van der Waals surface area (Å²) < 4.78 is 0. The van der Waals surface area contributed by atoms with E-state index in [-0.39, 0.29) is 0 Å². The zero-order valence-corrected chi connectivity index (χ0v) is 36.7. The van der Waals surface area contributed by atoms with Crippen LogP contribution in [0, 0.1) is 0 Å². The molecule has 0 saturated heterocycles. The normalized spacial score (nSPS) is 14.2. The number of rotatable bonds is 44. The van der Waals surface area contributed by atoms with Crippen molar-refractivity contribution in [2.45, 2.75) is 276 Å². The van der Waals surface area contributed by atoms with E-state index in [9.17, 15) is 25.2 Å². The number of amides is 1. The summed E-state index contributed by atoms with van der Waals surface area (Å²) in [5.74, 6) is -0.590. The van der Waals surface area contributed by atoms with Crippen LogP contribution in [0.2, 0.25) is 0 Å². The molecule has 0 saturated carbocycles. The first kappa shape index (κ1) is 53.8. The topological polar surface area (TPSA) is 110 Å². The van der Waals surface area contributed by atoms with E-state index in [4.69, 9.17) is 0 Å². The van der Waals surface area contributed by atoms with E-state index in [0.29, 0.717) is 12.8 Å². The Labute approximate surface area is 342 Å². The number of aliphatic hydroxyl groups excluding tert-OH is 4. The van der Waals surface area contributed by atoms with Gasteiger partial charge < -0.3 is 25.7 Å². The first-order chi connectivity index (χ1) is 27.0. The maximum absolute atomic E-state index is 12.5. The van der Waals surface area contributed by atoms with Gasteiger partial charge in [-0.3, -0.25) is 4.79 Å². The van der Waals surface area contributed by atoms with Gasteiger partial charge in [0.2, 0.25) is 5.91 Å². The van der Waals surface area contributed by atoms with E-state index >= 15 is 0 Å². The molecule has 5 N–H and O–H groups in total. The molecule has 0 heterocycles. The van der Waals surface area contributed by atoms with Crippen LogP contribution in [-0.4, -0.2) is 57.3 Å². The van der Waals surface area contributed by atoms with Crippen molar-refractivity contribution in [2.24, 2.45) is 0 Å². The number of unbranched alkanes of at least 4 members (excludes halogenated alkanes) is 31. The average molecular weight is 778 g/mol. The Morgan fingerprint density at radius 3 is 1.15 bits per heavy atom. The Balaban J connectivity index is 3.72. The zero-order chi connectivity index (χ0) is 40.3. The van der Waals surface area contributed by atoms with Crippen LogP contribution in [0.3, 0.4) is 0 Å².